The fraction of sp³-hybridized carbons (Fsp3) is 0.345. The first kappa shape index (κ1) is 29.5. The number of hydrogen-bond acceptors (Lipinski definition) is 8. The Morgan fingerprint density at radius 1 is 0.975 bits per heavy atom. The van der Waals surface area contributed by atoms with Crippen LogP contribution < -0.4 is 15.5 Å². The molecule has 0 spiro atoms. The zero-order valence-corrected chi connectivity index (χ0v) is 22.7. The topological polar surface area (TPSA) is 144 Å². The van der Waals surface area contributed by atoms with Crippen molar-refractivity contribution in [1.82, 2.24) is 5.48 Å². The highest BCUT2D eigenvalue weighted by Crippen LogP contribution is 2.39. The van der Waals surface area contributed by atoms with E-state index in [0.29, 0.717) is 35.7 Å². The van der Waals surface area contributed by atoms with E-state index in [1.165, 1.54) is 18.0 Å². The van der Waals surface area contributed by atoms with Crippen LogP contribution in [-0.2, 0) is 25.7 Å². The Balaban J connectivity index is 1.44. The summed E-state index contributed by atoms with van der Waals surface area (Å²) in [4.78, 5) is 23.5. The molecule has 0 bridgehead atoms. The zero-order chi connectivity index (χ0) is 28.3. The normalized spacial score (nSPS) is 18.7. The van der Waals surface area contributed by atoms with Gasteiger partial charge in [-0.3, -0.25) is 14.8 Å². The largest absolute Gasteiger partial charge is 0.618 e. The molecule has 1 aliphatic heterocycles. The van der Waals surface area contributed by atoms with Gasteiger partial charge in [0.05, 0.1) is 18.8 Å². The third kappa shape index (κ3) is 8.51. The number of nitrogens with one attached hydrogen (secondary N) is 2. The number of amides is 2. The number of hydrogen-bond donors (Lipinski definition) is 4. The van der Waals surface area contributed by atoms with Crippen LogP contribution in [-0.4, -0.2) is 34.0 Å². The van der Waals surface area contributed by atoms with Crippen molar-refractivity contribution < 1.29 is 34.1 Å². The van der Waals surface area contributed by atoms with Gasteiger partial charge in [-0.25, -0.2) is 5.48 Å². The maximum absolute atomic E-state index is 12.4. The number of benzene rings is 2. The second-order valence-electron chi connectivity index (χ2n) is 9.44. The molecule has 2 aromatic carbocycles. The summed E-state index contributed by atoms with van der Waals surface area (Å²) in [5.74, 6) is -0.116. The smallest absolute Gasteiger partial charge is 0.251 e. The minimum absolute atomic E-state index is 0.0421. The lowest BCUT2D eigenvalue weighted by Gasteiger charge is -2.36. The molecule has 2 amide bonds. The number of rotatable bonds is 12. The summed E-state index contributed by atoms with van der Waals surface area (Å²) in [7, 11) is 0. The summed E-state index contributed by atoms with van der Waals surface area (Å²) < 4.78 is 13.5. The lowest BCUT2D eigenvalue weighted by atomic mass is 10.0. The van der Waals surface area contributed by atoms with E-state index in [0.717, 1.165) is 21.4 Å². The van der Waals surface area contributed by atoms with Gasteiger partial charge in [-0.1, -0.05) is 48.2 Å². The SMILES string of the molecule is O=C(CCCCC(=O)Nc1cccc(C2OC(CSc3cccc[n+]3[O-])CC(c3ccc(CO)cc3)O2)c1)NO. The van der Waals surface area contributed by atoms with Crippen molar-refractivity contribution in [3.05, 3.63) is 94.8 Å². The molecule has 1 saturated heterocycles. The molecular formula is C29H33N3O7S. The third-order valence-corrected chi connectivity index (χ3v) is 7.60. The van der Waals surface area contributed by atoms with Gasteiger partial charge in [0.2, 0.25) is 11.8 Å². The summed E-state index contributed by atoms with van der Waals surface area (Å²) in [5.41, 5.74) is 4.68. The van der Waals surface area contributed by atoms with Gasteiger partial charge in [-0.15, -0.1) is 0 Å². The first-order valence-corrected chi connectivity index (χ1v) is 14.1. The molecule has 3 atom stereocenters. The van der Waals surface area contributed by atoms with E-state index < -0.39 is 12.2 Å². The van der Waals surface area contributed by atoms with E-state index >= 15 is 0 Å². The summed E-state index contributed by atoms with van der Waals surface area (Å²) >= 11 is 1.42. The second-order valence-corrected chi connectivity index (χ2v) is 10.5. The Bertz CT molecular complexity index is 1270. The van der Waals surface area contributed by atoms with Gasteiger partial charge in [-0.2, -0.15) is 4.73 Å². The van der Waals surface area contributed by atoms with E-state index in [1.807, 2.05) is 48.5 Å². The molecule has 1 aromatic heterocycles. The fourth-order valence-electron chi connectivity index (χ4n) is 4.34. The quantitative estimate of drug-likeness (QED) is 0.0638. The number of aliphatic hydroxyl groups excluding tert-OH is 1. The van der Waals surface area contributed by atoms with Crippen LogP contribution in [0.5, 0.6) is 0 Å². The van der Waals surface area contributed by atoms with Crippen LogP contribution in [0, 0.1) is 5.21 Å². The van der Waals surface area contributed by atoms with Crippen LogP contribution in [0.25, 0.3) is 0 Å². The highest BCUT2D eigenvalue weighted by Gasteiger charge is 2.33. The van der Waals surface area contributed by atoms with Crippen molar-refractivity contribution >= 4 is 29.3 Å². The van der Waals surface area contributed by atoms with E-state index in [-0.39, 0.29) is 37.6 Å². The Morgan fingerprint density at radius 3 is 2.48 bits per heavy atom. The number of unbranched alkanes of at least 4 members (excludes halogenated alkanes) is 1. The molecule has 0 aliphatic carbocycles. The molecule has 11 heteroatoms. The Morgan fingerprint density at radius 2 is 1.75 bits per heavy atom. The maximum atomic E-state index is 12.4. The molecule has 1 fully saturated rings. The molecule has 4 rings (SSSR count). The minimum Gasteiger partial charge on any atom is -0.618 e. The number of carbonyl (C=O) groups excluding carboxylic acids is 2. The van der Waals surface area contributed by atoms with Crippen molar-refractivity contribution in [2.45, 2.75) is 62.2 Å². The molecule has 0 saturated carbocycles. The predicted molar refractivity (Wildman–Crippen MR) is 148 cm³/mol. The van der Waals surface area contributed by atoms with E-state index in [9.17, 15) is 19.9 Å². The third-order valence-electron chi connectivity index (χ3n) is 6.45. The van der Waals surface area contributed by atoms with Crippen molar-refractivity contribution in [2.24, 2.45) is 0 Å². The number of nitrogens with zero attached hydrogens (tertiary/aromatic N) is 1. The molecular weight excluding hydrogens is 534 g/mol. The fourth-order valence-corrected chi connectivity index (χ4v) is 5.27. The van der Waals surface area contributed by atoms with Gasteiger partial charge in [0.25, 0.3) is 5.03 Å². The van der Waals surface area contributed by atoms with Crippen molar-refractivity contribution in [2.75, 3.05) is 11.1 Å². The molecule has 40 heavy (non-hydrogen) atoms. The van der Waals surface area contributed by atoms with Gasteiger partial charge in [0.1, 0.15) is 0 Å². The van der Waals surface area contributed by atoms with Crippen LogP contribution >= 0.6 is 11.8 Å². The maximum Gasteiger partial charge on any atom is 0.251 e. The summed E-state index contributed by atoms with van der Waals surface area (Å²) in [6, 6.07) is 20.2. The molecule has 3 aromatic rings. The second kappa shape index (κ2) is 14.8. The molecule has 1 aliphatic rings. The van der Waals surface area contributed by atoms with Gasteiger partial charge in [0.15, 0.2) is 12.5 Å². The van der Waals surface area contributed by atoms with Crippen LogP contribution in [0.4, 0.5) is 5.69 Å². The molecule has 212 valence electrons. The van der Waals surface area contributed by atoms with Gasteiger partial charge < -0.3 is 25.1 Å². The van der Waals surface area contributed by atoms with Gasteiger partial charge in [0, 0.05) is 48.4 Å². The molecule has 0 radical (unpaired) electrons. The first-order chi connectivity index (χ1) is 19.4. The number of ether oxygens (including phenoxy) is 2. The van der Waals surface area contributed by atoms with Crippen molar-refractivity contribution in [3.8, 4) is 0 Å². The Kier molecular flexibility index (Phi) is 10.9. The zero-order valence-electron chi connectivity index (χ0n) is 21.9. The van der Waals surface area contributed by atoms with Crippen LogP contribution in [0.3, 0.4) is 0 Å². The number of thioether (sulfide) groups is 1. The summed E-state index contributed by atoms with van der Waals surface area (Å²) in [6.07, 6.45) is 2.23. The van der Waals surface area contributed by atoms with E-state index in [2.05, 4.69) is 5.32 Å². The first-order valence-electron chi connectivity index (χ1n) is 13.1. The van der Waals surface area contributed by atoms with Crippen LogP contribution in [0.15, 0.2) is 78.0 Å². The van der Waals surface area contributed by atoms with Crippen LogP contribution in [0.2, 0.25) is 0 Å². The number of aromatic nitrogens is 1. The highest BCUT2D eigenvalue weighted by atomic mass is 32.2. The molecule has 2 heterocycles. The molecule has 3 unspecified atom stereocenters. The standard InChI is InChI=1S/C29H33N3O7S/c33-18-20-11-13-21(14-12-20)25-17-24(19-40-28-10-3-4-15-32(28)37)38-29(39-25)22-6-5-7-23(16-22)30-26(34)8-1-2-9-27(35)31-36/h3-7,10-16,24-25,29,33,36H,1-2,8-9,17-19H2,(H,30,34)(H,31,35). The number of anilines is 1. The highest BCUT2D eigenvalue weighted by molar-refractivity contribution is 7.99. The number of pyridine rings is 1. The van der Waals surface area contributed by atoms with Crippen molar-refractivity contribution in [1.29, 1.82) is 0 Å². The van der Waals surface area contributed by atoms with E-state index in [4.69, 9.17) is 14.7 Å². The average Bonchev–Trinajstić information content (AvgIpc) is 2.99. The van der Waals surface area contributed by atoms with Crippen LogP contribution in [0.1, 0.15) is 61.2 Å². The predicted octanol–water partition coefficient (Wildman–Crippen LogP) is 4.15. The summed E-state index contributed by atoms with van der Waals surface area (Å²) in [6.45, 7) is -0.0421. The number of aliphatic hydroxyl groups is 1. The molecule has 4 N–H and O–H groups in total. The minimum atomic E-state index is -0.703. The van der Waals surface area contributed by atoms with Gasteiger partial charge >= 0.3 is 0 Å². The summed E-state index contributed by atoms with van der Waals surface area (Å²) in [5, 5.41) is 33.6. The Labute approximate surface area is 236 Å². The Hall–Kier alpha value is -3.48. The van der Waals surface area contributed by atoms with Crippen molar-refractivity contribution in [3.63, 3.8) is 0 Å². The monoisotopic (exact) mass is 567 g/mol. The van der Waals surface area contributed by atoms with Gasteiger partial charge in [-0.05, 0) is 42.2 Å². The number of hydroxylamine groups is 1. The average molecular weight is 568 g/mol. The lowest BCUT2D eigenvalue weighted by Crippen LogP contribution is -2.32. The molecule has 10 nitrogen and oxygen atoms in total. The van der Waals surface area contributed by atoms with E-state index in [1.54, 1.807) is 23.7 Å². The number of carbonyl (C=O) groups is 2. The lowest BCUT2D eigenvalue weighted by molar-refractivity contribution is -0.645.